The Morgan fingerprint density at radius 2 is 2.33 bits per heavy atom. The average Bonchev–Trinajstić information content (AvgIpc) is 3.09. The highest BCUT2D eigenvalue weighted by Gasteiger charge is 2.30. The number of nitrogens with zero attached hydrogens (tertiary/aromatic N) is 2. The number of carbonyl (C=O) groups excluding carboxylic acids is 1. The summed E-state index contributed by atoms with van der Waals surface area (Å²) in [5.74, 6) is 1.11. The zero-order chi connectivity index (χ0) is 14.7. The lowest BCUT2D eigenvalue weighted by Crippen LogP contribution is -2.44. The summed E-state index contributed by atoms with van der Waals surface area (Å²) < 4.78 is 4.88. The number of rotatable bonds is 3. The molecule has 2 fully saturated rings. The Morgan fingerprint density at radius 1 is 1.43 bits per heavy atom. The first-order valence-corrected chi connectivity index (χ1v) is 7.81. The Kier molecular flexibility index (Phi) is 4.39. The van der Waals surface area contributed by atoms with Gasteiger partial charge in [-0.1, -0.05) is 0 Å². The molecule has 3 rings (SSSR count). The summed E-state index contributed by atoms with van der Waals surface area (Å²) in [5, 5.41) is 3.61. The van der Waals surface area contributed by atoms with Gasteiger partial charge in [0, 0.05) is 25.3 Å². The van der Waals surface area contributed by atoms with E-state index >= 15 is 0 Å². The third kappa shape index (κ3) is 3.02. The van der Waals surface area contributed by atoms with Gasteiger partial charge in [0.05, 0.1) is 7.11 Å². The van der Waals surface area contributed by atoms with E-state index in [1.165, 1.54) is 26.4 Å². The fourth-order valence-electron chi connectivity index (χ4n) is 3.56. The molecule has 5 heteroatoms. The van der Waals surface area contributed by atoms with Crippen LogP contribution in [0.25, 0.3) is 0 Å². The minimum Gasteiger partial charge on any atom is -0.465 e. The van der Waals surface area contributed by atoms with Crippen LogP contribution in [0, 0.1) is 5.92 Å². The summed E-state index contributed by atoms with van der Waals surface area (Å²) in [6.07, 6.45) is 6.70. The SMILES string of the molecule is COC(=O)c1cccnc1N1CCCC(C2CCCN2)C1. The standard InChI is InChI=1S/C16H23N3O2/c1-21-16(20)13-6-2-9-18-15(13)19-10-4-5-12(11-19)14-7-3-8-17-14/h2,6,9,12,14,17H,3-5,7-8,10-11H2,1H3. The fourth-order valence-corrected chi connectivity index (χ4v) is 3.56. The second-order valence-corrected chi connectivity index (χ2v) is 5.92. The van der Waals surface area contributed by atoms with Crippen LogP contribution in [0.5, 0.6) is 0 Å². The van der Waals surface area contributed by atoms with E-state index in [0.717, 1.165) is 31.9 Å². The number of aromatic nitrogens is 1. The van der Waals surface area contributed by atoms with Crippen LogP contribution in [0.2, 0.25) is 0 Å². The maximum Gasteiger partial charge on any atom is 0.341 e. The number of carbonyl (C=O) groups is 1. The van der Waals surface area contributed by atoms with Gasteiger partial charge in [-0.2, -0.15) is 0 Å². The lowest BCUT2D eigenvalue weighted by Gasteiger charge is -2.37. The number of hydrogen-bond acceptors (Lipinski definition) is 5. The van der Waals surface area contributed by atoms with Gasteiger partial charge in [0.15, 0.2) is 0 Å². The summed E-state index contributed by atoms with van der Waals surface area (Å²) >= 11 is 0. The molecule has 2 unspecified atom stereocenters. The van der Waals surface area contributed by atoms with Crippen molar-refractivity contribution in [2.24, 2.45) is 5.92 Å². The Labute approximate surface area is 125 Å². The van der Waals surface area contributed by atoms with E-state index in [-0.39, 0.29) is 5.97 Å². The van der Waals surface area contributed by atoms with Crippen molar-refractivity contribution >= 4 is 11.8 Å². The predicted octanol–water partition coefficient (Wildman–Crippen LogP) is 1.84. The van der Waals surface area contributed by atoms with Gasteiger partial charge in [-0.3, -0.25) is 0 Å². The van der Waals surface area contributed by atoms with Gasteiger partial charge < -0.3 is 15.0 Å². The molecule has 3 heterocycles. The van der Waals surface area contributed by atoms with Crippen molar-refractivity contribution in [1.82, 2.24) is 10.3 Å². The third-order valence-corrected chi connectivity index (χ3v) is 4.62. The van der Waals surface area contributed by atoms with Crippen LogP contribution in [-0.2, 0) is 4.74 Å². The lowest BCUT2D eigenvalue weighted by molar-refractivity contribution is 0.0601. The Morgan fingerprint density at radius 3 is 3.10 bits per heavy atom. The minimum absolute atomic E-state index is 0.306. The smallest absolute Gasteiger partial charge is 0.341 e. The second kappa shape index (κ2) is 6.43. The summed E-state index contributed by atoms with van der Waals surface area (Å²) in [7, 11) is 1.42. The first kappa shape index (κ1) is 14.3. The molecule has 1 aromatic rings. The number of piperidine rings is 1. The van der Waals surface area contributed by atoms with Crippen molar-refractivity contribution < 1.29 is 9.53 Å². The molecule has 1 N–H and O–H groups in total. The number of esters is 1. The van der Waals surface area contributed by atoms with E-state index in [9.17, 15) is 4.79 Å². The van der Waals surface area contributed by atoms with Crippen LogP contribution >= 0.6 is 0 Å². The first-order valence-electron chi connectivity index (χ1n) is 7.81. The zero-order valence-corrected chi connectivity index (χ0v) is 12.5. The Bertz CT molecular complexity index is 500. The third-order valence-electron chi connectivity index (χ3n) is 4.62. The van der Waals surface area contributed by atoms with Crippen molar-refractivity contribution in [3.8, 4) is 0 Å². The molecule has 0 aromatic carbocycles. The zero-order valence-electron chi connectivity index (χ0n) is 12.5. The highest BCUT2D eigenvalue weighted by atomic mass is 16.5. The summed E-state index contributed by atoms with van der Waals surface area (Å²) in [5.41, 5.74) is 0.569. The molecule has 2 atom stereocenters. The summed E-state index contributed by atoms with van der Waals surface area (Å²) in [4.78, 5) is 18.6. The van der Waals surface area contributed by atoms with Crippen molar-refractivity contribution in [2.45, 2.75) is 31.7 Å². The van der Waals surface area contributed by atoms with Crippen LogP contribution in [-0.4, -0.2) is 43.7 Å². The number of nitrogens with one attached hydrogen (secondary N) is 1. The van der Waals surface area contributed by atoms with E-state index in [4.69, 9.17) is 4.74 Å². The van der Waals surface area contributed by atoms with Crippen LogP contribution in [0.15, 0.2) is 18.3 Å². The summed E-state index contributed by atoms with van der Waals surface area (Å²) in [6.45, 7) is 3.07. The fraction of sp³-hybridized carbons (Fsp3) is 0.625. The molecule has 0 bridgehead atoms. The summed E-state index contributed by atoms with van der Waals surface area (Å²) in [6, 6.07) is 4.21. The molecular weight excluding hydrogens is 266 g/mol. The molecule has 2 aliphatic heterocycles. The molecule has 0 spiro atoms. The molecule has 5 nitrogen and oxygen atoms in total. The van der Waals surface area contributed by atoms with Gasteiger partial charge in [0.2, 0.25) is 0 Å². The van der Waals surface area contributed by atoms with Gasteiger partial charge in [0.25, 0.3) is 0 Å². The van der Waals surface area contributed by atoms with Gasteiger partial charge in [-0.15, -0.1) is 0 Å². The lowest BCUT2D eigenvalue weighted by atomic mass is 9.89. The van der Waals surface area contributed by atoms with Crippen molar-refractivity contribution in [3.63, 3.8) is 0 Å². The van der Waals surface area contributed by atoms with Gasteiger partial charge in [0.1, 0.15) is 11.4 Å². The quantitative estimate of drug-likeness (QED) is 0.861. The maximum atomic E-state index is 11.9. The van der Waals surface area contributed by atoms with E-state index in [1.807, 2.05) is 0 Å². The molecular formula is C16H23N3O2. The molecule has 114 valence electrons. The van der Waals surface area contributed by atoms with Crippen LogP contribution in [0.3, 0.4) is 0 Å². The topological polar surface area (TPSA) is 54.5 Å². The molecule has 2 aliphatic rings. The number of ether oxygens (including phenoxy) is 1. The minimum atomic E-state index is -0.306. The monoisotopic (exact) mass is 289 g/mol. The van der Waals surface area contributed by atoms with Gasteiger partial charge in [-0.25, -0.2) is 9.78 Å². The number of pyridine rings is 1. The van der Waals surface area contributed by atoms with Crippen molar-refractivity contribution in [3.05, 3.63) is 23.9 Å². The van der Waals surface area contributed by atoms with Gasteiger partial charge in [-0.05, 0) is 50.3 Å². The van der Waals surface area contributed by atoms with Crippen LogP contribution < -0.4 is 10.2 Å². The second-order valence-electron chi connectivity index (χ2n) is 5.92. The van der Waals surface area contributed by atoms with Crippen molar-refractivity contribution in [2.75, 3.05) is 31.6 Å². The van der Waals surface area contributed by atoms with E-state index in [2.05, 4.69) is 15.2 Å². The molecule has 1 aromatic heterocycles. The van der Waals surface area contributed by atoms with E-state index < -0.39 is 0 Å². The highest BCUT2D eigenvalue weighted by Crippen LogP contribution is 2.29. The number of methoxy groups -OCH3 is 1. The van der Waals surface area contributed by atoms with Gasteiger partial charge >= 0.3 is 5.97 Å². The maximum absolute atomic E-state index is 11.9. The van der Waals surface area contributed by atoms with E-state index in [0.29, 0.717) is 17.5 Å². The molecule has 21 heavy (non-hydrogen) atoms. The van der Waals surface area contributed by atoms with Crippen molar-refractivity contribution in [1.29, 1.82) is 0 Å². The normalized spacial score (nSPS) is 25.9. The Balaban J connectivity index is 1.78. The average molecular weight is 289 g/mol. The molecule has 0 amide bonds. The van der Waals surface area contributed by atoms with Crippen LogP contribution in [0.1, 0.15) is 36.0 Å². The Hall–Kier alpha value is -1.62. The molecule has 0 radical (unpaired) electrons. The molecule has 2 saturated heterocycles. The number of hydrogen-bond donors (Lipinski definition) is 1. The van der Waals surface area contributed by atoms with Crippen LogP contribution in [0.4, 0.5) is 5.82 Å². The largest absolute Gasteiger partial charge is 0.465 e. The number of anilines is 1. The molecule has 0 aliphatic carbocycles. The predicted molar refractivity (Wildman–Crippen MR) is 81.5 cm³/mol. The molecule has 0 saturated carbocycles. The first-order chi connectivity index (χ1) is 10.3. The highest BCUT2D eigenvalue weighted by molar-refractivity contribution is 5.94. The van der Waals surface area contributed by atoms with E-state index in [1.54, 1.807) is 18.3 Å².